The van der Waals surface area contributed by atoms with Gasteiger partial charge in [0.1, 0.15) is 11.4 Å². The van der Waals surface area contributed by atoms with Crippen LogP contribution in [0, 0.1) is 12.8 Å². The average molecular weight is 322 g/mol. The monoisotopic (exact) mass is 322 g/mol. The number of hydrogen-bond donors (Lipinski definition) is 2. The number of ether oxygens (including phenoxy) is 1. The van der Waals surface area contributed by atoms with Crippen molar-refractivity contribution in [1.29, 1.82) is 0 Å². The summed E-state index contributed by atoms with van der Waals surface area (Å²) in [6, 6.07) is 1.68. The number of nitrogens with one attached hydrogen (secondary N) is 2. The summed E-state index contributed by atoms with van der Waals surface area (Å²) >= 11 is 0. The second kappa shape index (κ2) is 7.06. The molecule has 0 spiro atoms. The van der Waals surface area contributed by atoms with Crippen molar-refractivity contribution in [3.63, 3.8) is 0 Å². The fourth-order valence-electron chi connectivity index (χ4n) is 2.81. The molecule has 2 rings (SSSR count). The van der Waals surface area contributed by atoms with Crippen LogP contribution in [0.25, 0.3) is 0 Å². The van der Waals surface area contributed by atoms with Gasteiger partial charge >= 0.3 is 6.09 Å². The maximum Gasteiger partial charge on any atom is 0.407 e. The summed E-state index contributed by atoms with van der Waals surface area (Å²) in [7, 11) is 0. The molecule has 1 aromatic heterocycles. The van der Waals surface area contributed by atoms with Gasteiger partial charge in [0.2, 0.25) is 5.91 Å². The number of carbonyl (C=O) groups is 2. The lowest BCUT2D eigenvalue weighted by Gasteiger charge is -2.24. The Labute approximate surface area is 137 Å². The van der Waals surface area contributed by atoms with E-state index in [4.69, 9.17) is 9.15 Å². The van der Waals surface area contributed by atoms with Gasteiger partial charge in [-0.3, -0.25) is 4.79 Å². The molecule has 1 fully saturated rings. The summed E-state index contributed by atoms with van der Waals surface area (Å²) < 4.78 is 10.5. The van der Waals surface area contributed by atoms with Gasteiger partial charge in [-0.25, -0.2) is 4.79 Å². The Bertz CT molecular complexity index is 559. The number of rotatable bonds is 4. The molecule has 0 aliphatic heterocycles. The molecule has 2 N–H and O–H groups in total. The molecule has 2 atom stereocenters. The van der Waals surface area contributed by atoms with E-state index in [1.807, 2.05) is 33.8 Å². The van der Waals surface area contributed by atoms with Crippen LogP contribution < -0.4 is 10.6 Å². The third kappa shape index (κ3) is 5.01. The van der Waals surface area contributed by atoms with Gasteiger partial charge in [-0.1, -0.05) is 6.42 Å². The fraction of sp³-hybridized carbons (Fsp3) is 0.647. The molecule has 0 unspecified atom stereocenters. The lowest BCUT2D eigenvalue weighted by Crippen LogP contribution is -2.45. The summed E-state index contributed by atoms with van der Waals surface area (Å²) in [5, 5.41) is 5.76. The van der Waals surface area contributed by atoms with E-state index in [1.54, 1.807) is 6.26 Å². The van der Waals surface area contributed by atoms with Crippen molar-refractivity contribution in [3.05, 3.63) is 23.7 Å². The molecule has 6 heteroatoms. The molecule has 0 bridgehead atoms. The number of furan rings is 1. The molecule has 1 heterocycles. The lowest BCUT2D eigenvalue weighted by atomic mass is 10.0. The van der Waals surface area contributed by atoms with Crippen LogP contribution in [-0.2, 0) is 16.1 Å². The van der Waals surface area contributed by atoms with Crippen LogP contribution in [0.5, 0.6) is 0 Å². The molecule has 1 aromatic rings. The number of amides is 2. The lowest BCUT2D eigenvalue weighted by molar-refractivity contribution is -0.125. The Hall–Kier alpha value is -1.98. The second-order valence-corrected chi connectivity index (χ2v) is 7.01. The highest BCUT2D eigenvalue weighted by atomic mass is 16.6. The summed E-state index contributed by atoms with van der Waals surface area (Å²) in [5.74, 6) is 0.555. The first-order valence-electron chi connectivity index (χ1n) is 8.06. The fourth-order valence-corrected chi connectivity index (χ4v) is 2.81. The predicted octanol–water partition coefficient (Wildman–Crippen LogP) is 2.90. The van der Waals surface area contributed by atoms with Crippen molar-refractivity contribution in [1.82, 2.24) is 10.6 Å². The quantitative estimate of drug-likeness (QED) is 0.893. The largest absolute Gasteiger partial charge is 0.469 e. The maximum absolute atomic E-state index is 12.4. The van der Waals surface area contributed by atoms with Gasteiger partial charge < -0.3 is 19.8 Å². The first-order valence-corrected chi connectivity index (χ1v) is 8.06. The van der Waals surface area contributed by atoms with E-state index in [-0.39, 0.29) is 17.9 Å². The van der Waals surface area contributed by atoms with Crippen LogP contribution in [0.2, 0.25) is 0 Å². The molecule has 23 heavy (non-hydrogen) atoms. The average Bonchev–Trinajstić information content (AvgIpc) is 3.03. The third-order valence-electron chi connectivity index (χ3n) is 3.97. The van der Waals surface area contributed by atoms with E-state index in [0.717, 1.165) is 30.6 Å². The Kier molecular flexibility index (Phi) is 5.34. The minimum Gasteiger partial charge on any atom is -0.469 e. The molecule has 1 aliphatic carbocycles. The molecule has 2 amide bonds. The van der Waals surface area contributed by atoms with Crippen LogP contribution in [0.4, 0.5) is 4.79 Å². The van der Waals surface area contributed by atoms with E-state index in [2.05, 4.69) is 10.6 Å². The molecule has 0 aromatic carbocycles. The van der Waals surface area contributed by atoms with E-state index in [9.17, 15) is 9.59 Å². The van der Waals surface area contributed by atoms with E-state index < -0.39 is 11.7 Å². The smallest absolute Gasteiger partial charge is 0.407 e. The van der Waals surface area contributed by atoms with Crippen molar-refractivity contribution in [2.24, 2.45) is 5.92 Å². The highest BCUT2D eigenvalue weighted by Crippen LogP contribution is 2.26. The van der Waals surface area contributed by atoms with Crippen LogP contribution in [0.3, 0.4) is 0 Å². The zero-order chi connectivity index (χ0) is 17.0. The molecule has 6 nitrogen and oxygen atoms in total. The molecule has 1 aliphatic rings. The minimum absolute atomic E-state index is 0.0378. The van der Waals surface area contributed by atoms with E-state index in [1.165, 1.54) is 0 Å². The van der Waals surface area contributed by atoms with Gasteiger partial charge in [0.15, 0.2) is 0 Å². The highest BCUT2D eigenvalue weighted by Gasteiger charge is 2.34. The summed E-state index contributed by atoms with van der Waals surface area (Å²) in [6.45, 7) is 7.76. The number of hydrogen-bond acceptors (Lipinski definition) is 4. The number of alkyl carbamates (subject to hydrolysis) is 1. The van der Waals surface area contributed by atoms with Crippen molar-refractivity contribution in [2.75, 3.05) is 0 Å². The zero-order valence-corrected chi connectivity index (χ0v) is 14.3. The summed E-state index contributed by atoms with van der Waals surface area (Å²) in [4.78, 5) is 24.3. The maximum atomic E-state index is 12.4. The van der Waals surface area contributed by atoms with Crippen molar-refractivity contribution in [2.45, 2.75) is 65.1 Å². The van der Waals surface area contributed by atoms with Gasteiger partial charge in [0, 0.05) is 18.2 Å². The van der Waals surface area contributed by atoms with E-state index >= 15 is 0 Å². The number of carbonyl (C=O) groups excluding carboxylic acids is 2. The molecular weight excluding hydrogens is 296 g/mol. The van der Waals surface area contributed by atoms with Crippen LogP contribution in [-0.4, -0.2) is 23.6 Å². The van der Waals surface area contributed by atoms with Crippen molar-refractivity contribution >= 4 is 12.0 Å². The minimum atomic E-state index is -0.542. The van der Waals surface area contributed by atoms with Gasteiger partial charge in [0.05, 0.1) is 12.2 Å². The summed E-state index contributed by atoms with van der Waals surface area (Å²) in [6.07, 6.45) is 3.63. The first kappa shape index (κ1) is 17.4. The molecule has 1 saturated carbocycles. The molecular formula is C17H26N2O4. The van der Waals surface area contributed by atoms with Crippen molar-refractivity contribution in [3.8, 4) is 0 Å². The topological polar surface area (TPSA) is 80.6 Å². The van der Waals surface area contributed by atoms with Gasteiger partial charge in [-0.05, 0) is 46.6 Å². The molecule has 0 saturated heterocycles. The van der Waals surface area contributed by atoms with Gasteiger partial charge in [-0.15, -0.1) is 0 Å². The normalized spacial score (nSPS) is 21.0. The number of aryl methyl sites for hydroxylation is 1. The second-order valence-electron chi connectivity index (χ2n) is 7.01. The van der Waals surface area contributed by atoms with E-state index in [0.29, 0.717) is 6.54 Å². The standard InChI is InChI=1S/C17H26N2O4/c1-11-12(8-9-22-11)10-18-15(20)13-6-5-7-14(13)19-16(21)23-17(2,3)4/h8-9,13-14H,5-7,10H2,1-4H3,(H,18,20)(H,19,21)/t13-,14+/m1/s1. The van der Waals surface area contributed by atoms with Crippen molar-refractivity contribution < 1.29 is 18.7 Å². The zero-order valence-electron chi connectivity index (χ0n) is 14.3. The first-order chi connectivity index (χ1) is 10.8. The third-order valence-corrected chi connectivity index (χ3v) is 3.97. The van der Waals surface area contributed by atoms with Crippen LogP contribution in [0.15, 0.2) is 16.7 Å². The predicted molar refractivity (Wildman–Crippen MR) is 85.8 cm³/mol. The Morgan fingerprint density at radius 1 is 1.35 bits per heavy atom. The van der Waals surface area contributed by atoms with Crippen LogP contribution >= 0.6 is 0 Å². The Morgan fingerprint density at radius 2 is 2.09 bits per heavy atom. The summed E-state index contributed by atoms with van der Waals surface area (Å²) in [5.41, 5.74) is 0.423. The Balaban J connectivity index is 1.86. The highest BCUT2D eigenvalue weighted by molar-refractivity contribution is 5.80. The van der Waals surface area contributed by atoms with Gasteiger partial charge in [0.25, 0.3) is 0 Å². The molecule has 0 radical (unpaired) electrons. The van der Waals surface area contributed by atoms with Gasteiger partial charge in [-0.2, -0.15) is 0 Å². The van der Waals surface area contributed by atoms with Crippen LogP contribution in [0.1, 0.15) is 51.4 Å². The SMILES string of the molecule is Cc1occc1CNC(=O)[C@@H]1CCC[C@@H]1NC(=O)OC(C)(C)C. The Morgan fingerprint density at radius 3 is 2.70 bits per heavy atom. The molecule has 128 valence electrons.